The number of carbonyl (C=O) groups is 1. The van der Waals surface area contributed by atoms with E-state index in [1.165, 1.54) is 0 Å². The van der Waals surface area contributed by atoms with E-state index in [-0.39, 0.29) is 17.1 Å². The van der Waals surface area contributed by atoms with E-state index in [9.17, 15) is 27.9 Å². The summed E-state index contributed by atoms with van der Waals surface area (Å²) in [6.07, 6.45) is 3.78. The van der Waals surface area contributed by atoms with Gasteiger partial charge in [0.15, 0.2) is 5.78 Å². The largest absolute Gasteiger partial charge is 0.510 e. The molecule has 4 saturated carbocycles. The Balaban J connectivity index is 1.31. The molecule has 0 aromatic carbocycles. The number of hydrogen-bond acceptors (Lipinski definition) is 5. The van der Waals surface area contributed by atoms with E-state index in [1.54, 1.807) is 0 Å². The Morgan fingerprint density at radius 3 is 2.45 bits per heavy atom. The van der Waals surface area contributed by atoms with E-state index < -0.39 is 28.8 Å². The minimum Gasteiger partial charge on any atom is -0.390 e. The summed E-state index contributed by atoms with van der Waals surface area (Å²) in [6, 6.07) is 0. The van der Waals surface area contributed by atoms with Gasteiger partial charge < -0.3 is 5.11 Å². The van der Waals surface area contributed by atoms with E-state index in [4.69, 9.17) is 0 Å². The number of hydrogen-bond donors (Lipinski definition) is 1. The van der Waals surface area contributed by atoms with Gasteiger partial charge in [-0.2, -0.15) is 4.68 Å². The molecule has 1 heterocycles. The Labute approximate surface area is 190 Å². The smallest absolute Gasteiger partial charge is 0.390 e. The fraction of sp³-hybridized carbons (Fsp3) is 0.913. The number of halogens is 3. The van der Waals surface area contributed by atoms with Gasteiger partial charge in [-0.05, 0) is 110 Å². The maximum absolute atomic E-state index is 13.2. The third kappa shape index (κ3) is 3.76. The second-order valence-corrected chi connectivity index (χ2v) is 11.6. The van der Waals surface area contributed by atoms with Crippen LogP contribution >= 0.6 is 0 Å². The maximum Gasteiger partial charge on any atom is 0.510 e. The summed E-state index contributed by atoms with van der Waals surface area (Å²) < 4.78 is 38.5. The average molecular weight is 471 g/mol. The van der Waals surface area contributed by atoms with Crippen molar-refractivity contribution in [3.8, 4) is 0 Å². The summed E-state index contributed by atoms with van der Waals surface area (Å²) in [5, 5.41) is 16.7. The molecule has 1 N–H and O–H groups in total. The predicted octanol–water partition coefficient (Wildman–Crippen LogP) is 3.51. The zero-order valence-electron chi connectivity index (χ0n) is 19.2. The van der Waals surface area contributed by atoms with Gasteiger partial charge in [-0.1, -0.05) is 11.6 Å². The molecule has 7 nitrogen and oxygen atoms in total. The highest BCUT2D eigenvalue weighted by atomic mass is 19.4. The Bertz CT molecular complexity index is 986. The lowest BCUT2D eigenvalue weighted by atomic mass is 9.49. The van der Waals surface area contributed by atoms with Gasteiger partial charge in [0, 0.05) is 5.92 Å². The molecular formula is C23H33F3N4O3. The van der Waals surface area contributed by atoms with Crippen molar-refractivity contribution in [2.45, 2.75) is 90.1 Å². The number of tetrazole rings is 1. The standard InChI is InChI=1S/C23H33F3N4O3/c1-21(33)9-7-14-13(11-21)3-4-16-15(14)8-10-22(2)17(16)5-6-18(22)19(31)12-29-20(32)30(28-27-29)23(24,25)26/h13-18,33H,3-12H2,1-2H3/t13-,14+,15-,16?,17+,18-,21-,22+/m1/s1. The highest BCUT2D eigenvalue weighted by molar-refractivity contribution is 5.82. The Kier molecular flexibility index (Phi) is 5.34. The minimum absolute atomic E-state index is 0.186. The fourth-order valence-electron chi connectivity index (χ4n) is 8.40. The van der Waals surface area contributed by atoms with Gasteiger partial charge in [-0.15, -0.1) is 13.2 Å². The van der Waals surface area contributed by atoms with Crippen LogP contribution in [0.25, 0.3) is 0 Å². The summed E-state index contributed by atoms with van der Waals surface area (Å²) >= 11 is 0. The van der Waals surface area contributed by atoms with Crippen LogP contribution in [0, 0.1) is 40.9 Å². The number of nitrogens with zero attached hydrogens (tertiary/aromatic N) is 4. The monoisotopic (exact) mass is 470 g/mol. The van der Waals surface area contributed by atoms with Crippen LogP contribution in [0.2, 0.25) is 0 Å². The average Bonchev–Trinajstić information content (AvgIpc) is 3.26. The molecule has 0 radical (unpaired) electrons. The maximum atomic E-state index is 13.2. The Hall–Kier alpha value is -1.71. The molecule has 0 aliphatic heterocycles. The third-order valence-electron chi connectivity index (χ3n) is 9.81. The lowest BCUT2D eigenvalue weighted by molar-refractivity contribution is -0.215. The molecule has 0 amide bonds. The number of fused-ring (bicyclic) bond motifs is 5. The van der Waals surface area contributed by atoms with Crippen LogP contribution in [0.5, 0.6) is 0 Å². The lowest BCUT2D eigenvalue weighted by Gasteiger charge is -2.56. The van der Waals surface area contributed by atoms with Crippen LogP contribution in [0.3, 0.4) is 0 Å². The number of carbonyl (C=O) groups excluding carboxylic acids is 1. The summed E-state index contributed by atoms with van der Waals surface area (Å²) in [4.78, 5) is 25.2. The predicted molar refractivity (Wildman–Crippen MR) is 112 cm³/mol. The van der Waals surface area contributed by atoms with Gasteiger partial charge in [0.25, 0.3) is 0 Å². The SMILES string of the molecule is C[C@@]1(O)CC[C@H]2[C@H](CCC3[C@@H]2CC[C@]2(C)[C@@H](C(=O)Cn4nnn(C(F)(F)F)c4=O)CC[C@@H]32)C1. The minimum atomic E-state index is -4.95. The van der Waals surface area contributed by atoms with E-state index in [0.717, 1.165) is 51.4 Å². The molecule has 0 spiro atoms. The van der Waals surface area contributed by atoms with Crippen LogP contribution in [0.1, 0.15) is 71.6 Å². The first kappa shape index (κ1) is 23.1. The van der Waals surface area contributed by atoms with Gasteiger partial charge >= 0.3 is 12.0 Å². The fourth-order valence-corrected chi connectivity index (χ4v) is 8.40. The number of aliphatic hydroxyl groups is 1. The summed E-state index contributed by atoms with van der Waals surface area (Å²) in [7, 11) is 0. The van der Waals surface area contributed by atoms with Crippen LogP contribution in [0.4, 0.5) is 13.2 Å². The van der Waals surface area contributed by atoms with Gasteiger partial charge in [0.1, 0.15) is 6.54 Å². The molecule has 10 heteroatoms. The van der Waals surface area contributed by atoms with Crippen molar-refractivity contribution in [2.24, 2.45) is 40.9 Å². The topological polar surface area (TPSA) is 90.0 Å². The molecule has 1 aromatic heterocycles. The van der Waals surface area contributed by atoms with Crippen LogP contribution < -0.4 is 5.69 Å². The molecule has 4 aliphatic rings. The number of alkyl halides is 3. The van der Waals surface area contributed by atoms with Gasteiger partial charge in [0.05, 0.1) is 5.60 Å². The molecule has 0 saturated heterocycles. The molecule has 33 heavy (non-hydrogen) atoms. The normalized spacial score (nSPS) is 43.0. The van der Waals surface area contributed by atoms with Gasteiger partial charge in [0.2, 0.25) is 0 Å². The highest BCUT2D eigenvalue weighted by Gasteiger charge is 2.58. The molecule has 4 fully saturated rings. The van der Waals surface area contributed by atoms with Crippen molar-refractivity contribution in [3.05, 3.63) is 10.5 Å². The van der Waals surface area contributed by atoms with Crippen molar-refractivity contribution in [3.63, 3.8) is 0 Å². The van der Waals surface area contributed by atoms with Crippen molar-refractivity contribution < 1.29 is 23.1 Å². The van der Waals surface area contributed by atoms with E-state index in [0.29, 0.717) is 40.7 Å². The summed E-state index contributed by atoms with van der Waals surface area (Å²) in [6.45, 7) is 3.67. The first-order valence-electron chi connectivity index (χ1n) is 12.3. The molecule has 184 valence electrons. The Morgan fingerprint density at radius 2 is 1.76 bits per heavy atom. The van der Waals surface area contributed by atoms with Crippen molar-refractivity contribution in [2.75, 3.05) is 0 Å². The summed E-state index contributed by atoms with van der Waals surface area (Å²) in [5.41, 5.74) is -2.16. The number of Topliss-reactive ketones (excluding diaryl/α,β-unsaturated/α-hetero) is 1. The molecule has 8 atom stereocenters. The van der Waals surface area contributed by atoms with Crippen LogP contribution in [-0.2, 0) is 17.6 Å². The molecule has 5 rings (SSSR count). The Morgan fingerprint density at radius 1 is 1.03 bits per heavy atom. The van der Waals surface area contributed by atoms with Crippen molar-refractivity contribution >= 4 is 5.78 Å². The van der Waals surface area contributed by atoms with Crippen LogP contribution in [-0.4, -0.2) is 36.3 Å². The number of ketones is 1. The van der Waals surface area contributed by atoms with E-state index in [1.807, 2.05) is 6.92 Å². The zero-order chi connectivity index (χ0) is 23.8. The molecule has 1 unspecified atom stereocenters. The van der Waals surface area contributed by atoms with Gasteiger partial charge in [-0.3, -0.25) is 4.79 Å². The molecule has 0 bridgehead atoms. The number of rotatable bonds is 3. The first-order valence-corrected chi connectivity index (χ1v) is 12.3. The lowest BCUT2D eigenvalue weighted by Crippen LogP contribution is -2.51. The molecular weight excluding hydrogens is 437 g/mol. The van der Waals surface area contributed by atoms with E-state index in [2.05, 4.69) is 17.4 Å². The second kappa shape index (κ2) is 7.65. The quantitative estimate of drug-likeness (QED) is 0.730. The zero-order valence-corrected chi connectivity index (χ0v) is 19.2. The van der Waals surface area contributed by atoms with E-state index >= 15 is 0 Å². The van der Waals surface area contributed by atoms with Crippen molar-refractivity contribution in [1.29, 1.82) is 0 Å². The first-order chi connectivity index (χ1) is 15.4. The third-order valence-corrected chi connectivity index (χ3v) is 9.81. The van der Waals surface area contributed by atoms with Crippen LogP contribution in [0.15, 0.2) is 4.79 Å². The molecule has 4 aliphatic carbocycles. The van der Waals surface area contributed by atoms with Crippen molar-refractivity contribution in [1.82, 2.24) is 19.8 Å². The number of aromatic nitrogens is 4. The van der Waals surface area contributed by atoms with Gasteiger partial charge in [-0.25, -0.2) is 4.79 Å². The summed E-state index contributed by atoms with van der Waals surface area (Å²) in [5.74, 6) is 2.39. The highest BCUT2D eigenvalue weighted by Crippen LogP contribution is 2.64. The second-order valence-electron chi connectivity index (χ2n) is 11.6. The molecule has 1 aromatic rings.